The Hall–Kier alpha value is -1.42. The van der Waals surface area contributed by atoms with Gasteiger partial charge in [-0.25, -0.2) is 0 Å². The summed E-state index contributed by atoms with van der Waals surface area (Å²) in [5.74, 6) is 0.0310. The SMILES string of the molecule is O=C(CCC1CCCO1)Nc1cccnc1. The van der Waals surface area contributed by atoms with Crippen molar-refractivity contribution in [2.75, 3.05) is 11.9 Å². The Labute approximate surface area is 95.0 Å². The molecule has 1 fully saturated rings. The van der Waals surface area contributed by atoms with E-state index in [-0.39, 0.29) is 12.0 Å². The minimum Gasteiger partial charge on any atom is -0.378 e. The minimum absolute atomic E-state index is 0.0310. The summed E-state index contributed by atoms with van der Waals surface area (Å²) < 4.78 is 5.46. The van der Waals surface area contributed by atoms with Gasteiger partial charge < -0.3 is 10.1 Å². The Balaban J connectivity index is 1.72. The van der Waals surface area contributed by atoms with E-state index in [1.165, 1.54) is 0 Å². The number of carbonyl (C=O) groups excluding carboxylic acids is 1. The van der Waals surface area contributed by atoms with Gasteiger partial charge in [-0.2, -0.15) is 0 Å². The lowest BCUT2D eigenvalue weighted by molar-refractivity contribution is -0.116. The largest absolute Gasteiger partial charge is 0.378 e. The number of carbonyl (C=O) groups is 1. The van der Waals surface area contributed by atoms with Crippen molar-refractivity contribution >= 4 is 11.6 Å². The second kappa shape index (κ2) is 5.61. The number of nitrogens with one attached hydrogen (secondary N) is 1. The van der Waals surface area contributed by atoms with E-state index in [1.807, 2.05) is 6.07 Å². The number of hydrogen-bond acceptors (Lipinski definition) is 3. The number of anilines is 1. The molecule has 1 aliphatic rings. The van der Waals surface area contributed by atoms with Crippen LogP contribution in [0.25, 0.3) is 0 Å². The molecule has 0 saturated carbocycles. The van der Waals surface area contributed by atoms with Gasteiger partial charge in [0.25, 0.3) is 0 Å². The fourth-order valence-corrected chi connectivity index (χ4v) is 1.82. The molecular formula is C12H16N2O2. The van der Waals surface area contributed by atoms with Crippen molar-refractivity contribution in [3.8, 4) is 0 Å². The number of rotatable bonds is 4. The van der Waals surface area contributed by atoms with Crippen LogP contribution in [0.2, 0.25) is 0 Å². The van der Waals surface area contributed by atoms with Crippen LogP contribution in [0, 0.1) is 0 Å². The Morgan fingerprint density at radius 3 is 3.25 bits per heavy atom. The standard InChI is InChI=1S/C12H16N2O2/c15-12(6-5-11-4-2-8-16-11)14-10-3-1-7-13-9-10/h1,3,7,9,11H,2,4-6,8H2,(H,14,15). The summed E-state index contributed by atoms with van der Waals surface area (Å²) in [6.45, 7) is 0.842. The maximum Gasteiger partial charge on any atom is 0.224 e. The predicted molar refractivity (Wildman–Crippen MR) is 61.1 cm³/mol. The van der Waals surface area contributed by atoms with Crippen molar-refractivity contribution in [1.82, 2.24) is 4.98 Å². The number of nitrogens with zero attached hydrogens (tertiary/aromatic N) is 1. The molecule has 1 amide bonds. The van der Waals surface area contributed by atoms with Crippen LogP contribution in [0.5, 0.6) is 0 Å². The molecule has 0 bridgehead atoms. The van der Waals surface area contributed by atoms with Gasteiger partial charge in [0.2, 0.25) is 5.91 Å². The number of hydrogen-bond donors (Lipinski definition) is 1. The second-order valence-electron chi connectivity index (χ2n) is 3.96. The van der Waals surface area contributed by atoms with Gasteiger partial charge in [-0.1, -0.05) is 0 Å². The highest BCUT2D eigenvalue weighted by Gasteiger charge is 2.16. The summed E-state index contributed by atoms with van der Waals surface area (Å²) in [6.07, 6.45) is 7.13. The molecule has 2 heterocycles. The fourth-order valence-electron chi connectivity index (χ4n) is 1.82. The zero-order valence-electron chi connectivity index (χ0n) is 9.19. The first-order valence-electron chi connectivity index (χ1n) is 5.66. The highest BCUT2D eigenvalue weighted by atomic mass is 16.5. The third-order valence-electron chi connectivity index (χ3n) is 2.66. The summed E-state index contributed by atoms with van der Waals surface area (Å²) in [6, 6.07) is 3.63. The van der Waals surface area contributed by atoms with Gasteiger partial charge in [0.1, 0.15) is 0 Å². The maximum atomic E-state index is 11.6. The minimum atomic E-state index is 0.0310. The summed E-state index contributed by atoms with van der Waals surface area (Å²) in [5, 5.41) is 2.81. The van der Waals surface area contributed by atoms with Gasteiger partial charge in [0.15, 0.2) is 0 Å². The van der Waals surface area contributed by atoms with Crippen molar-refractivity contribution in [3.63, 3.8) is 0 Å². The average Bonchev–Trinajstić information content (AvgIpc) is 2.81. The third-order valence-corrected chi connectivity index (χ3v) is 2.66. The lowest BCUT2D eigenvalue weighted by Crippen LogP contribution is -2.15. The van der Waals surface area contributed by atoms with E-state index in [1.54, 1.807) is 18.5 Å². The van der Waals surface area contributed by atoms with Crippen LogP contribution in [0.3, 0.4) is 0 Å². The van der Waals surface area contributed by atoms with E-state index in [2.05, 4.69) is 10.3 Å². The van der Waals surface area contributed by atoms with Crippen molar-refractivity contribution in [1.29, 1.82) is 0 Å². The first-order chi connectivity index (χ1) is 7.84. The van der Waals surface area contributed by atoms with E-state index in [0.717, 1.165) is 31.6 Å². The molecule has 16 heavy (non-hydrogen) atoms. The van der Waals surface area contributed by atoms with Gasteiger partial charge >= 0.3 is 0 Å². The van der Waals surface area contributed by atoms with Crippen LogP contribution >= 0.6 is 0 Å². The van der Waals surface area contributed by atoms with Crippen LogP contribution in [-0.4, -0.2) is 23.6 Å². The molecule has 86 valence electrons. The average molecular weight is 220 g/mol. The Morgan fingerprint density at radius 2 is 2.56 bits per heavy atom. The van der Waals surface area contributed by atoms with Crippen molar-refractivity contribution in [2.45, 2.75) is 31.8 Å². The molecule has 0 radical (unpaired) electrons. The van der Waals surface area contributed by atoms with Gasteiger partial charge in [-0.15, -0.1) is 0 Å². The normalized spacial score (nSPS) is 19.6. The monoisotopic (exact) mass is 220 g/mol. The maximum absolute atomic E-state index is 11.6. The second-order valence-corrected chi connectivity index (χ2v) is 3.96. The first-order valence-corrected chi connectivity index (χ1v) is 5.66. The van der Waals surface area contributed by atoms with Crippen molar-refractivity contribution < 1.29 is 9.53 Å². The third kappa shape index (κ3) is 3.31. The molecular weight excluding hydrogens is 204 g/mol. The number of ether oxygens (including phenoxy) is 1. The van der Waals surface area contributed by atoms with E-state index in [0.29, 0.717) is 6.42 Å². The van der Waals surface area contributed by atoms with Crippen LogP contribution < -0.4 is 5.32 Å². The summed E-state index contributed by atoms with van der Waals surface area (Å²) in [5.41, 5.74) is 0.750. The molecule has 1 aromatic rings. The van der Waals surface area contributed by atoms with Crippen molar-refractivity contribution in [2.24, 2.45) is 0 Å². The quantitative estimate of drug-likeness (QED) is 0.844. The van der Waals surface area contributed by atoms with Crippen LogP contribution in [0.15, 0.2) is 24.5 Å². The molecule has 1 saturated heterocycles. The highest BCUT2D eigenvalue weighted by molar-refractivity contribution is 5.90. The molecule has 0 aromatic carbocycles. The Morgan fingerprint density at radius 1 is 1.62 bits per heavy atom. The zero-order valence-corrected chi connectivity index (χ0v) is 9.19. The molecule has 1 aliphatic heterocycles. The number of pyridine rings is 1. The van der Waals surface area contributed by atoms with Gasteiger partial charge in [-0.05, 0) is 31.4 Å². The lowest BCUT2D eigenvalue weighted by Gasteiger charge is -2.08. The fraction of sp³-hybridized carbons (Fsp3) is 0.500. The molecule has 1 unspecified atom stereocenters. The van der Waals surface area contributed by atoms with E-state index >= 15 is 0 Å². The molecule has 4 nitrogen and oxygen atoms in total. The molecule has 1 atom stereocenters. The van der Waals surface area contributed by atoms with Crippen molar-refractivity contribution in [3.05, 3.63) is 24.5 Å². The van der Waals surface area contributed by atoms with Crippen LogP contribution in [-0.2, 0) is 9.53 Å². The number of amides is 1. The Bertz CT molecular complexity index is 334. The van der Waals surface area contributed by atoms with E-state index in [4.69, 9.17) is 4.74 Å². The lowest BCUT2D eigenvalue weighted by atomic mass is 10.1. The van der Waals surface area contributed by atoms with E-state index in [9.17, 15) is 4.79 Å². The summed E-state index contributed by atoms with van der Waals surface area (Å²) in [4.78, 5) is 15.5. The first kappa shape index (κ1) is 11.1. The van der Waals surface area contributed by atoms with Gasteiger partial charge in [0, 0.05) is 19.2 Å². The predicted octanol–water partition coefficient (Wildman–Crippen LogP) is 1.98. The van der Waals surface area contributed by atoms with E-state index < -0.39 is 0 Å². The molecule has 2 rings (SSSR count). The molecule has 1 N–H and O–H groups in total. The molecule has 0 spiro atoms. The Kier molecular flexibility index (Phi) is 3.88. The topological polar surface area (TPSA) is 51.2 Å². The van der Waals surface area contributed by atoms with Crippen LogP contribution in [0.4, 0.5) is 5.69 Å². The van der Waals surface area contributed by atoms with Crippen LogP contribution in [0.1, 0.15) is 25.7 Å². The molecule has 4 heteroatoms. The summed E-state index contributed by atoms with van der Waals surface area (Å²) in [7, 11) is 0. The highest BCUT2D eigenvalue weighted by Crippen LogP contribution is 2.17. The zero-order chi connectivity index (χ0) is 11.2. The van der Waals surface area contributed by atoms with Gasteiger partial charge in [-0.3, -0.25) is 9.78 Å². The summed E-state index contributed by atoms with van der Waals surface area (Å²) >= 11 is 0. The molecule has 1 aromatic heterocycles. The smallest absolute Gasteiger partial charge is 0.224 e. The number of aromatic nitrogens is 1. The molecule has 0 aliphatic carbocycles. The van der Waals surface area contributed by atoms with Gasteiger partial charge in [0.05, 0.1) is 18.0 Å².